The van der Waals surface area contributed by atoms with E-state index < -0.39 is 12.0 Å². The SMILES string of the molecule is CCOC(=O)C(Cc1ccccc1F)NC(=O)C1CCC(C(C)C)CC1. The molecule has 1 aliphatic carbocycles. The Bertz CT molecular complexity index is 609. The number of carbonyl (C=O) groups is 2. The predicted molar refractivity (Wildman–Crippen MR) is 99.0 cm³/mol. The van der Waals surface area contributed by atoms with E-state index in [1.165, 1.54) is 6.07 Å². The van der Waals surface area contributed by atoms with Crippen LogP contribution in [0.15, 0.2) is 24.3 Å². The number of halogens is 1. The zero-order chi connectivity index (χ0) is 19.1. The van der Waals surface area contributed by atoms with Crippen LogP contribution in [0.1, 0.15) is 52.0 Å². The molecular weight excluding hydrogens is 333 g/mol. The van der Waals surface area contributed by atoms with Gasteiger partial charge in [-0.25, -0.2) is 9.18 Å². The highest BCUT2D eigenvalue weighted by atomic mass is 19.1. The third kappa shape index (κ3) is 5.55. The van der Waals surface area contributed by atoms with Crippen LogP contribution in [-0.2, 0) is 20.7 Å². The van der Waals surface area contributed by atoms with Gasteiger partial charge in [-0.2, -0.15) is 0 Å². The maximum absolute atomic E-state index is 13.9. The zero-order valence-corrected chi connectivity index (χ0v) is 16.0. The van der Waals surface area contributed by atoms with E-state index in [-0.39, 0.29) is 30.7 Å². The molecular formula is C21H30FNO3. The van der Waals surface area contributed by atoms with E-state index in [0.717, 1.165) is 25.7 Å². The summed E-state index contributed by atoms with van der Waals surface area (Å²) in [4.78, 5) is 24.9. The molecule has 1 fully saturated rings. The Hall–Kier alpha value is -1.91. The Kier molecular flexibility index (Phi) is 7.61. The summed E-state index contributed by atoms with van der Waals surface area (Å²) in [5.74, 6) is 0.197. The number of amides is 1. The van der Waals surface area contributed by atoms with Crippen LogP contribution in [0.4, 0.5) is 4.39 Å². The van der Waals surface area contributed by atoms with Gasteiger partial charge in [0.1, 0.15) is 11.9 Å². The summed E-state index contributed by atoms with van der Waals surface area (Å²) in [5, 5.41) is 2.81. The first-order chi connectivity index (χ1) is 12.4. The van der Waals surface area contributed by atoms with Gasteiger partial charge in [0.15, 0.2) is 0 Å². The first kappa shape index (κ1) is 20.4. The molecule has 0 aliphatic heterocycles. The molecule has 1 aromatic rings. The van der Waals surface area contributed by atoms with Crippen LogP contribution in [0, 0.1) is 23.6 Å². The summed E-state index contributed by atoms with van der Waals surface area (Å²) in [6.07, 6.45) is 3.84. The standard InChI is InChI=1S/C21H30FNO3/c1-4-26-21(25)19(13-17-7-5-6-8-18(17)22)23-20(24)16-11-9-15(10-12-16)14(2)3/h5-8,14-16,19H,4,9-13H2,1-3H3,(H,23,24). The van der Waals surface area contributed by atoms with Crippen LogP contribution >= 0.6 is 0 Å². The van der Waals surface area contributed by atoms with E-state index in [4.69, 9.17) is 4.74 Å². The molecule has 26 heavy (non-hydrogen) atoms. The van der Waals surface area contributed by atoms with Gasteiger partial charge in [-0.1, -0.05) is 32.0 Å². The Morgan fingerprint density at radius 2 is 1.85 bits per heavy atom. The molecule has 1 aliphatic rings. The number of hydrogen-bond acceptors (Lipinski definition) is 3. The highest BCUT2D eigenvalue weighted by Crippen LogP contribution is 2.33. The molecule has 2 rings (SSSR count). The number of benzene rings is 1. The molecule has 0 spiro atoms. The lowest BCUT2D eigenvalue weighted by atomic mass is 9.76. The Morgan fingerprint density at radius 1 is 1.19 bits per heavy atom. The average molecular weight is 363 g/mol. The summed E-state index contributed by atoms with van der Waals surface area (Å²) >= 11 is 0. The normalized spacial score (nSPS) is 21.3. The molecule has 0 saturated heterocycles. The van der Waals surface area contributed by atoms with E-state index in [1.54, 1.807) is 25.1 Å². The fourth-order valence-electron chi connectivity index (χ4n) is 3.66. The minimum Gasteiger partial charge on any atom is -0.464 e. The van der Waals surface area contributed by atoms with E-state index in [0.29, 0.717) is 17.4 Å². The quantitative estimate of drug-likeness (QED) is 0.748. The fourth-order valence-corrected chi connectivity index (χ4v) is 3.66. The van der Waals surface area contributed by atoms with Crippen molar-refractivity contribution in [3.8, 4) is 0 Å². The largest absolute Gasteiger partial charge is 0.464 e. The van der Waals surface area contributed by atoms with Gasteiger partial charge in [0, 0.05) is 12.3 Å². The second-order valence-electron chi connectivity index (χ2n) is 7.46. The van der Waals surface area contributed by atoms with Crippen molar-refractivity contribution in [1.29, 1.82) is 0 Å². The van der Waals surface area contributed by atoms with E-state index in [2.05, 4.69) is 19.2 Å². The first-order valence-electron chi connectivity index (χ1n) is 9.62. The maximum Gasteiger partial charge on any atom is 0.328 e. The fraction of sp³-hybridized carbons (Fsp3) is 0.619. The zero-order valence-electron chi connectivity index (χ0n) is 16.0. The molecule has 0 heterocycles. The number of carbonyl (C=O) groups excluding carboxylic acids is 2. The second-order valence-corrected chi connectivity index (χ2v) is 7.46. The molecule has 1 N–H and O–H groups in total. The number of rotatable bonds is 7. The lowest BCUT2D eigenvalue weighted by Crippen LogP contribution is -2.46. The molecule has 0 aromatic heterocycles. The van der Waals surface area contributed by atoms with Gasteiger partial charge in [0.2, 0.25) is 5.91 Å². The van der Waals surface area contributed by atoms with Crippen LogP contribution in [0.2, 0.25) is 0 Å². The minimum atomic E-state index is -0.859. The average Bonchev–Trinajstić information content (AvgIpc) is 2.63. The molecule has 0 bridgehead atoms. The third-order valence-electron chi connectivity index (χ3n) is 5.35. The monoisotopic (exact) mass is 363 g/mol. The molecule has 5 heteroatoms. The maximum atomic E-state index is 13.9. The summed E-state index contributed by atoms with van der Waals surface area (Å²) < 4.78 is 19.0. The Labute approximate surface area is 155 Å². The molecule has 0 radical (unpaired) electrons. The van der Waals surface area contributed by atoms with Crippen LogP contribution in [-0.4, -0.2) is 24.5 Å². The van der Waals surface area contributed by atoms with Crippen molar-refractivity contribution in [3.63, 3.8) is 0 Å². The number of hydrogen-bond donors (Lipinski definition) is 1. The van der Waals surface area contributed by atoms with Gasteiger partial charge in [0.05, 0.1) is 6.61 Å². The Morgan fingerprint density at radius 3 is 2.42 bits per heavy atom. The molecule has 4 nitrogen and oxygen atoms in total. The minimum absolute atomic E-state index is 0.0810. The van der Waals surface area contributed by atoms with Crippen LogP contribution in [0.3, 0.4) is 0 Å². The Balaban J connectivity index is 2.01. The van der Waals surface area contributed by atoms with Crippen molar-refractivity contribution in [1.82, 2.24) is 5.32 Å². The van der Waals surface area contributed by atoms with Crippen molar-refractivity contribution in [2.24, 2.45) is 17.8 Å². The second kappa shape index (κ2) is 9.70. The summed E-state index contributed by atoms with van der Waals surface area (Å²) in [6.45, 7) is 6.38. The van der Waals surface area contributed by atoms with Gasteiger partial charge in [-0.15, -0.1) is 0 Å². The van der Waals surface area contributed by atoms with E-state index >= 15 is 0 Å². The molecule has 1 amide bonds. The van der Waals surface area contributed by atoms with Gasteiger partial charge in [0.25, 0.3) is 0 Å². The summed E-state index contributed by atoms with van der Waals surface area (Å²) in [5.41, 5.74) is 0.398. The van der Waals surface area contributed by atoms with Crippen LogP contribution < -0.4 is 5.32 Å². The van der Waals surface area contributed by atoms with Crippen molar-refractivity contribution >= 4 is 11.9 Å². The first-order valence-corrected chi connectivity index (χ1v) is 9.62. The van der Waals surface area contributed by atoms with Crippen molar-refractivity contribution in [2.75, 3.05) is 6.61 Å². The van der Waals surface area contributed by atoms with E-state index in [9.17, 15) is 14.0 Å². The highest BCUT2D eigenvalue weighted by molar-refractivity contribution is 5.86. The lowest BCUT2D eigenvalue weighted by molar-refractivity contribution is -0.148. The van der Waals surface area contributed by atoms with Gasteiger partial charge in [-0.05, 0) is 56.1 Å². The smallest absolute Gasteiger partial charge is 0.328 e. The number of nitrogens with one attached hydrogen (secondary N) is 1. The molecule has 144 valence electrons. The van der Waals surface area contributed by atoms with Crippen LogP contribution in [0.5, 0.6) is 0 Å². The molecule has 1 saturated carbocycles. The van der Waals surface area contributed by atoms with Crippen molar-refractivity contribution < 1.29 is 18.7 Å². The summed E-state index contributed by atoms with van der Waals surface area (Å²) in [7, 11) is 0. The predicted octanol–water partition coefficient (Wildman–Crippen LogP) is 3.88. The number of esters is 1. The van der Waals surface area contributed by atoms with E-state index in [1.807, 2.05) is 0 Å². The van der Waals surface area contributed by atoms with Crippen LogP contribution in [0.25, 0.3) is 0 Å². The third-order valence-corrected chi connectivity index (χ3v) is 5.35. The topological polar surface area (TPSA) is 55.4 Å². The highest BCUT2D eigenvalue weighted by Gasteiger charge is 2.31. The lowest BCUT2D eigenvalue weighted by Gasteiger charge is -2.31. The van der Waals surface area contributed by atoms with Gasteiger partial charge < -0.3 is 10.1 Å². The van der Waals surface area contributed by atoms with Crippen molar-refractivity contribution in [3.05, 3.63) is 35.6 Å². The summed E-state index contributed by atoms with van der Waals surface area (Å²) in [6, 6.07) is 5.44. The number of ether oxygens (including phenoxy) is 1. The molecule has 1 aromatic carbocycles. The van der Waals surface area contributed by atoms with Crippen molar-refractivity contribution in [2.45, 2.75) is 58.9 Å². The molecule has 1 unspecified atom stereocenters. The van der Waals surface area contributed by atoms with Gasteiger partial charge in [-0.3, -0.25) is 4.79 Å². The van der Waals surface area contributed by atoms with Gasteiger partial charge >= 0.3 is 5.97 Å². The molecule has 1 atom stereocenters.